The second-order valence-corrected chi connectivity index (χ2v) is 12.3. The zero-order valence-electron chi connectivity index (χ0n) is 20.0. The van der Waals surface area contributed by atoms with Crippen LogP contribution in [0.3, 0.4) is 0 Å². The number of nitrogens with zero attached hydrogens (tertiary/aromatic N) is 2. The quantitative estimate of drug-likeness (QED) is 0.187. The molecule has 38 heavy (non-hydrogen) atoms. The third-order valence-electron chi connectivity index (χ3n) is 6.63. The van der Waals surface area contributed by atoms with Gasteiger partial charge in [-0.1, -0.05) is 75.3 Å². The van der Waals surface area contributed by atoms with Crippen molar-refractivity contribution < 1.29 is 9.53 Å². The van der Waals surface area contributed by atoms with Crippen molar-refractivity contribution in [2.45, 2.75) is 25.8 Å². The minimum Gasteiger partial charge on any atom is -0.425 e. The molecule has 2 aliphatic rings. The second-order valence-electron chi connectivity index (χ2n) is 9.06. The number of rotatable bonds is 3. The molecule has 4 aromatic rings. The third kappa shape index (κ3) is 4.53. The SMILES string of the molecule is CC(=O)Oc1c(Br)cc(Br)cc1/C=c1/sc2n(c1=O)[C@@H](c1ccc(Cl)cc1)C1=C(N=2)c2ccccc2CC1. The molecular weight excluding hydrogens is 652 g/mol. The minimum atomic E-state index is -0.446. The Balaban J connectivity index is 1.62. The van der Waals surface area contributed by atoms with Crippen molar-refractivity contribution in [3.8, 4) is 5.75 Å². The van der Waals surface area contributed by atoms with E-state index in [9.17, 15) is 9.59 Å². The van der Waals surface area contributed by atoms with Crippen LogP contribution < -0.4 is 19.6 Å². The fourth-order valence-corrected chi connectivity index (χ4v) is 7.50. The Bertz CT molecular complexity index is 1840. The predicted octanol–water partition coefficient (Wildman–Crippen LogP) is 6.42. The summed E-state index contributed by atoms with van der Waals surface area (Å²) in [5, 5.41) is 0.641. The van der Waals surface area contributed by atoms with Crippen LogP contribution in [-0.2, 0) is 11.2 Å². The van der Waals surface area contributed by atoms with Crippen LogP contribution in [0.15, 0.2) is 85.0 Å². The number of carbonyl (C=O) groups is 1. The predicted molar refractivity (Wildman–Crippen MR) is 157 cm³/mol. The van der Waals surface area contributed by atoms with Gasteiger partial charge in [0.25, 0.3) is 5.56 Å². The molecule has 2 heterocycles. The standard InChI is InChI=1S/C29H19Br2ClN2O3S/c1-15(35)37-27-18(12-19(30)14-23(27)31)13-24-28(36)34-26(17-6-9-20(32)10-7-17)22-11-8-16-4-2-3-5-21(16)25(22)33-29(34)38-24/h2-7,9-10,12-14,26H,8,11H2,1H3/b24-13+/t26-/m0/s1. The van der Waals surface area contributed by atoms with E-state index in [1.165, 1.54) is 23.8 Å². The van der Waals surface area contributed by atoms with E-state index in [2.05, 4.69) is 50.1 Å². The number of aromatic nitrogens is 1. The third-order valence-corrected chi connectivity index (χ3v) is 8.91. The molecule has 0 saturated carbocycles. The number of halogens is 3. The summed E-state index contributed by atoms with van der Waals surface area (Å²) < 4.78 is 9.14. The summed E-state index contributed by atoms with van der Waals surface area (Å²) in [6.07, 6.45) is 3.45. The van der Waals surface area contributed by atoms with Crippen LogP contribution in [0, 0.1) is 0 Å². The average Bonchev–Trinajstić information content (AvgIpc) is 3.19. The first-order chi connectivity index (χ1) is 18.3. The van der Waals surface area contributed by atoms with E-state index >= 15 is 0 Å². The number of fused-ring (bicyclic) bond motifs is 3. The molecule has 1 aliphatic carbocycles. The van der Waals surface area contributed by atoms with Gasteiger partial charge in [0.1, 0.15) is 0 Å². The number of aryl methyl sites for hydroxylation is 1. The Kier molecular flexibility index (Phi) is 6.76. The van der Waals surface area contributed by atoms with Crippen LogP contribution in [0.25, 0.3) is 11.8 Å². The molecule has 3 aromatic carbocycles. The number of esters is 1. The summed E-state index contributed by atoms with van der Waals surface area (Å²) in [6.45, 7) is 1.35. The van der Waals surface area contributed by atoms with E-state index in [0.717, 1.165) is 39.7 Å². The van der Waals surface area contributed by atoms with Gasteiger partial charge in [-0.25, -0.2) is 4.99 Å². The van der Waals surface area contributed by atoms with Gasteiger partial charge in [0.2, 0.25) is 0 Å². The molecular formula is C29H19Br2ClN2O3S. The molecule has 0 bridgehead atoms. The molecule has 5 nitrogen and oxygen atoms in total. The molecule has 0 spiro atoms. The Morgan fingerprint density at radius 1 is 1.13 bits per heavy atom. The maximum absolute atomic E-state index is 14.0. The Hall–Kier alpha value is -2.78. The maximum Gasteiger partial charge on any atom is 0.308 e. The van der Waals surface area contributed by atoms with Gasteiger partial charge in [-0.05, 0) is 75.8 Å². The van der Waals surface area contributed by atoms with E-state index in [1.54, 1.807) is 16.7 Å². The molecule has 0 radical (unpaired) electrons. The molecule has 0 saturated heterocycles. The van der Waals surface area contributed by atoms with Crippen molar-refractivity contribution in [3.63, 3.8) is 0 Å². The Labute approximate surface area is 244 Å². The summed E-state index contributed by atoms with van der Waals surface area (Å²) in [7, 11) is 0. The molecule has 0 fully saturated rings. The van der Waals surface area contributed by atoms with Crippen LogP contribution in [-0.4, -0.2) is 10.5 Å². The van der Waals surface area contributed by atoms with Gasteiger partial charge in [0.15, 0.2) is 10.6 Å². The van der Waals surface area contributed by atoms with E-state index in [4.69, 9.17) is 21.3 Å². The molecule has 0 amide bonds. The van der Waals surface area contributed by atoms with E-state index in [1.807, 2.05) is 36.4 Å². The lowest BCUT2D eigenvalue weighted by atomic mass is 9.83. The molecule has 190 valence electrons. The summed E-state index contributed by atoms with van der Waals surface area (Å²) in [5.41, 5.74) is 5.86. The topological polar surface area (TPSA) is 60.7 Å². The molecule has 6 rings (SSSR count). The average molecular weight is 671 g/mol. The highest BCUT2D eigenvalue weighted by molar-refractivity contribution is 9.11. The number of hydrogen-bond donors (Lipinski definition) is 0. The number of carbonyl (C=O) groups excluding carboxylic acids is 1. The minimum absolute atomic E-state index is 0.149. The van der Waals surface area contributed by atoms with Crippen LogP contribution in [0.2, 0.25) is 5.02 Å². The highest BCUT2D eigenvalue weighted by atomic mass is 79.9. The summed E-state index contributed by atoms with van der Waals surface area (Å²) >= 11 is 14.5. The summed E-state index contributed by atoms with van der Waals surface area (Å²) in [4.78, 5) is 31.4. The highest BCUT2D eigenvalue weighted by Gasteiger charge is 2.32. The highest BCUT2D eigenvalue weighted by Crippen LogP contribution is 2.41. The number of ether oxygens (including phenoxy) is 1. The number of benzene rings is 3. The normalized spacial score (nSPS) is 16.4. The van der Waals surface area contributed by atoms with Crippen LogP contribution in [0.5, 0.6) is 5.75 Å². The van der Waals surface area contributed by atoms with E-state index in [0.29, 0.717) is 30.1 Å². The van der Waals surface area contributed by atoms with Crippen LogP contribution in [0.4, 0.5) is 0 Å². The van der Waals surface area contributed by atoms with Gasteiger partial charge < -0.3 is 4.74 Å². The van der Waals surface area contributed by atoms with Crippen LogP contribution >= 0.6 is 54.8 Å². The number of hydrogen-bond acceptors (Lipinski definition) is 5. The Morgan fingerprint density at radius 2 is 1.89 bits per heavy atom. The smallest absolute Gasteiger partial charge is 0.308 e. The van der Waals surface area contributed by atoms with Crippen molar-refractivity contribution in [1.82, 2.24) is 4.57 Å². The van der Waals surface area contributed by atoms with Crippen molar-refractivity contribution in [2.24, 2.45) is 4.99 Å². The maximum atomic E-state index is 14.0. The number of thiazole rings is 1. The van der Waals surface area contributed by atoms with Crippen molar-refractivity contribution in [1.29, 1.82) is 0 Å². The zero-order valence-corrected chi connectivity index (χ0v) is 24.7. The molecule has 0 N–H and O–H groups in total. The Morgan fingerprint density at radius 3 is 2.66 bits per heavy atom. The molecule has 1 aromatic heterocycles. The first kappa shape index (κ1) is 25.5. The van der Waals surface area contributed by atoms with Gasteiger partial charge in [-0.3, -0.25) is 14.2 Å². The largest absolute Gasteiger partial charge is 0.425 e. The van der Waals surface area contributed by atoms with E-state index < -0.39 is 5.97 Å². The molecule has 1 atom stereocenters. The molecule has 9 heteroatoms. The fourth-order valence-electron chi connectivity index (χ4n) is 5.05. The summed E-state index contributed by atoms with van der Waals surface area (Å²) in [5.74, 6) is -0.0905. The summed E-state index contributed by atoms with van der Waals surface area (Å²) in [6, 6.07) is 19.3. The van der Waals surface area contributed by atoms with Crippen molar-refractivity contribution >= 4 is 72.5 Å². The lowest BCUT2D eigenvalue weighted by molar-refractivity contribution is -0.131. The van der Waals surface area contributed by atoms with Gasteiger partial charge >= 0.3 is 5.97 Å². The monoisotopic (exact) mass is 668 g/mol. The van der Waals surface area contributed by atoms with E-state index in [-0.39, 0.29) is 11.6 Å². The first-order valence-electron chi connectivity index (χ1n) is 11.9. The van der Waals surface area contributed by atoms with Gasteiger partial charge in [-0.15, -0.1) is 0 Å². The molecule has 1 aliphatic heterocycles. The van der Waals surface area contributed by atoms with Gasteiger partial charge in [0, 0.05) is 27.5 Å². The van der Waals surface area contributed by atoms with Gasteiger partial charge in [0.05, 0.1) is 20.7 Å². The lowest BCUT2D eigenvalue weighted by Gasteiger charge is -2.30. The zero-order chi connectivity index (χ0) is 26.6. The van der Waals surface area contributed by atoms with Crippen LogP contribution in [0.1, 0.15) is 41.6 Å². The van der Waals surface area contributed by atoms with Gasteiger partial charge in [-0.2, -0.15) is 0 Å². The lowest BCUT2D eigenvalue weighted by Crippen LogP contribution is -2.38. The van der Waals surface area contributed by atoms with Crippen molar-refractivity contribution in [3.05, 3.63) is 122 Å². The second kappa shape index (κ2) is 10.1. The van der Waals surface area contributed by atoms with Crippen molar-refractivity contribution in [2.75, 3.05) is 0 Å². The number of allylic oxidation sites excluding steroid dienone is 1. The molecule has 0 unspecified atom stereocenters. The fraction of sp³-hybridized carbons (Fsp3) is 0.138. The first-order valence-corrected chi connectivity index (χ1v) is 14.6.